The number of hydrogen-bond donors (Lipinski definition) is 0. The molecular weight excluding hydrogens is 278 g/mol. The van der Waals surface area contributed by atoms with Gasteiger partial charge in [-0.2, -0.15) is 4.98 Å². The second kappa shape index (κ2) is 5.05. The third-order valence-corrected chi connectivity index (χ3v) is 4.22. The molecule has 20 heavy (non-hydrogen) atoms. The highest BCUT2D eigenvalue weighted by molar-refractivity contribution is 6.28. The predicted octanol–water partition coefficient (Wildman–Crippen LogP) is 3.29. The van der Waals surface area contributed by atoms with Gasteiger partial charge in [-0.1, -0.05) is 12.8 Å². The first kappa shape index (κ1) is 13.4. The van der Waals surface area contributed by atoms with Crippen LogP contribution in [0.3, 0.4) is 0 Å². The molecule has 1 aliphatic carbocycles. The summed E-state index contributed by atoms with van der Waals surface area (Å²) >= 11 is 5.92. The van der Waals surface area contributed by atoms with Crippen LogP contribution in [0.5, 0.6) is 0 Å². The fourth-order valence-corrected chi connectivity index (χ4v) is 3.28. The molecule has 0 spiro atoms. The molecule has 2 aromatic heterocycles. The molecule has 1 aliphatic rings. The smallest absolute Gasteiger partial charge is 0.340 e. The van der Waals surface area contributed by atoms with E-state index in [1.807, 2.05) is 6.92 Å². The maximum absolute atomic E-state index is 12.0. The Kier molecular flexibility index (Phi) is 3.38. The summed E-state index contributed by atoms with van der Waals surface area (Å²) in [5, 5.41) is 0.913. The Morgan fingerprint density at radius 1 is 1.45 bits per heavy atom. The third kappa shape index (κ3) is 1.97. The van der Waals surface area contributed by atoms with Crippen molar-refractivity contribution in [3.8, 4) is 0 Å². The molecule has 0 aliphatic heterocycles. The van der Waals surface area contributed by atoms with Gasteiger partial charge in [0.05, 0.1) is 18.1 Å². The van der Waals surface area contributed by atoms with Gasteiger partial charge in [-0.3, -0.25) is 0 Å². The summed E-state index contributed by atoms with van der Waals surface area (Å²) in [4.78, 5) is 20.4. The van der Waals surface area contributed by atoms with Gasteiger partial charge in [-0.05, 0) is 31.4 Å². The Bertz CT molecular complexity index is 675. The van der Waals surface area contributed by atoms with Crippen LogP contribution in [0, 0.1) is 6.92 Å². The van der Waals surface area contributed by atoms with Crippen LogP contribution in [0.4, 0.5) is 0 Å². The fourth-order valence-electron chi connectivity index (χ4n) is 3.16. The van der Waals surface area contributed by atoms with Gasteiger partial charge in [-0.25, -0.2) is 9.78 Å². The third-order valence-electron chi connectivity index (χ3n) is 4.04. The fraction of sp³-hybridized carbons (Fsp3) is 0.500. The summed E-state index contributed by atoms with van der Waals surface area (Å²) < 4.78 is 7.02. The van der Waals surface area contributed by atoms with Crippen LogP contribution < -0.4 is 0 Å². The molecule has 3 rings (SSSR count). The molecule has 0 atom stereocenters. The number of esters is 1. The SMILES string of the molecule is COC(=O)c1c(C)n(C2CCCC2)c2nc(Cl)ncc12. The standard InChI is InChI=1S/C14H16ClN3O2/c1-8-11(13(19)20-2)10-7-16-14(15)17-12(10)18(8)9-5-3-4-6-9/h7,9H,3-6H2,1-2H3. The van der Waals surface area contributed by atoms with Crippen molar-refractivity contribution in [3.63, 3.8) is 0 Å². The van der Waals surface area contributed by atoms with Gasteiger partial charge in [0.15, 0.2) is 0 Å². The number of ether oxygens (including phenoxy) is 1. The van der Waals surface area contributed by atoms with Gasteiger partial charge in [0.25, 0.3) is 0 Å². The molecule has 106 valence electrons. The van der Waals surface area contributed by atoms with Crippen molar-refractivity contribution in [3.05, 3.63) is 22.7 Å². The van der Waals surface area contributed by atoms with Gasteiger partial charge >= 0.3 is 5.97 Å². The van der Waals surface area contributed by atoms with E-state index in [4.69, 9.17) is 16.3 Å². The van der Waals surface area contributed by atoms with Crippen LogP contribution >= 0.6 is 11.6 Å². The van der Waals surface area contributed by atoms with E-state index < -0.39 is 0 Å². The van der Waals surface area contributed by atoms with E-state index in [1.165, 1.54) is 20.0 Å². The molecule has 0 aromatic carbocycles. The lowest BCUT2D eigenvalue weighted by molar-refractivity contribution is 0.0601. The number of aromatic nitrogens is 3. The molecule has 1 fully saturated rings. The number of hydrogen-bond acceptors (Lipinski definition) is 4. The molecule has 5 nitrogen and oxygen atoms in total. The lowest BCUT2D eigenvalue weighted by Crippen LogP contribution is -2.09. The van der Waals surface area contributed by atoms with Crippen LogP contribution in [0.15, 0.2) is 6.20 Å². The molecule has 6 heteroatoms. The minimum atomic E-state index is -0.352. The zero-order chi connectivity index (χ0) is 14.3. The zero-order valence-electron chi connectivity index (χ0n) is 11.5. The first-order chi connectivity index (χ1) is 9.63. The van der Waals surface area contributed by atoms with E-state index in [-0.39, 0.29) is 11.3 Å². The Balaban J connectivity index is 2.29. The van der Waals surface area contributed by atoms with Gasteiger partial charge in [0.2, 0.25) is 5.28 Å². The van der Waals surface area contributed by atoms with E-state index in [1.54, 1.807) is 6.20 Å². The first-order valence-corrected chi connectivity index (χ1v) is 7.12. The number of nitrogens with zero attached hydrogens (tertiary/aromatic N) is 3. The quantitative estimate of drug-likeness (QED) is 0.630. The van der Waals surface area contributed by atoms with E-state index in [9.17, 15) is 4.79 Å². The van der Waals surface area contributed by atoms with Crippen molar-refractivity contribution in [1.82, 2.24) is 14.5 Å². The minimum absolute atomic E-state index is 0.200. The summed E-state index contributed by atoms with van der Waals surface area (Å²) in [7, 11) is 1.39. The lowest BCUT2D eigenvalue weighted by Gasteiger charge is -2.15. The minimum Gasteiger partial charge on any atom is -0.465 e. The van der Waals surface area contributed by atoms with Gasteiger partial charge in [0.1, 0.15) is 5.65 Å². The van der Waals surface area contributed by atoms with Crippen LogP contribution in [0.1, 0.15) is 47.8 Å². The molecule has 0 N–H and O–H groups in total. The summed E-state index contributed by atoms with van der Waals surface area (Å²) in [5.74, 6) is -0.352. The Morgan fingerprint density at radius 3 is 2.80 bits per heavy atom. The summed E-state index contributed by atoms with van der Waals surface area (Å²) in [6.07, 6.45) is 6.22. The monoisotopic (exact) mass is 293 g/mol. The molecule has 2 aromatic rings. The Morgan fingerprint density at radius 2 is 2.15 bits per heavy atom. The molecule has 0 unspecified atom stereocenters. The Labute approximate surface area is 121 Å². The van der Waals surface area contributed by atoms with Gasteiger partial charge in [0, 0.05) is 17.9 Å². The lowest BCUT2D eigenvalue weighted by atomic mass is 10.2. The number of carbonyl (C=O) groups excluding carboxylic acids is 1. The first-order valence-electron chi connectivity index (χ1n) is 6.75. The average Bonchev–Trinajstić information content (AvgIpc) is 3.03. The van der Waals surface area contributed by atoms with Crippen LogP contribution in [0.2, 0.25) is 5.28 Å². The topological polar surface area (TPSA) is 57.0 Å². The van der Waals surface area contributed by atoms with Crippen molar-refractivity contribution in [2.75, 3.05) is 7.11 Å². The normalized spacial score (nSPS) is 15.9. The van der Waals surface area contributed by atoms with Crippen LogP contribution in [-0.2, 0) is 4.74 Å². The molecule has 0 saturated heterocycles. The van der Waals surface area contributed by atoms with Crippen LogP contribution in [0.25, 0.3) is 11.0 Å². The molecule has 0 amide bonds. The van der Waals surface area contributed by atoms with Crippen molar-refractivity contribution < 1.29 is 9.53 Å². The van der Waals surface area contributed by atoms with Gasteiger partial charge < -0.3 is 9.30 Å². The largest absolute Gasteiger partial charge is 0.465 e. The number of fused-ring (bicyclic) bond motifs is 1. The van der Waals surface area contributed by atoms with E-state index in [0.717, 1.165) is 24.2 Å². The summed E-state index contributed by atoms with van der Waals surface area (Å²) in [6.45, 7) is 1.93. The highest BCUT2D eigenvalue weighted by Crippen LogP contribution is 2.36. The molecule has 0 radical (unpaired) electrons. The number of halogens is 1. The summed E-state index contributed by atoms with van der Waals surface area (Å²) in [6, 6.07) is 0.377. The van der Waals surface area contributed by atoms with Crippen molar-refractivity contribution in [2.24, 2.45) is 0 Å². The average molecular weight is 294 g/mol. The van der Waals surface area contributed by atoms with Crippen LogP contribution in [-0.4, -0.2) is 27.6 Å². The van der Waals surface area contributed by atoms with Crippen molar-refractivity contribution in [1.29, 1.82) is 0 Å². The predicted molar refractivity (Wildman–Crippen MR) is 76.1 cm³/mol. The molecular formula is C14H16ClN3O2. The van der Waals surface area contributed by atoms with E-state index in [2.05, 4.69) is 14.5 Å². The van der Waals surface area contributed by atoms with E-state index in [0.29, 0.717) is 17.0 Å². The maximum atomic E-state index is 12.0. The van der Waals surface area contributed by atoms with Crippen molar-refractivity contribution in [2.45, 2.75) is 38.6 Å². The number of carbonyl (C=O) groups is 1. The molecule has 2 heterocycles. The highest BCUT2D eigenvalue weighted by atomic mass is 35.5. The van der Waals surface area contributed by atoms with Crippen molar-refractivity contribution >= 4 is 28.6 Å². The second-order valence-electron chi connectivity index (χ2n) is 5.14. The second-order valence-corrected chi connectivity index (χ2v) is 5.47. The molecule has 0 bridgehead atoms. The summed E-state index contributed by atoms with van der Waals surface area (Å²) in [5.41, 5.74) is 2.16. The number of rotatable bonds is 2. The zero-order valence-corrected chi connectivity index (χ0v) is 12.3. The molecule has 1 saturated carbocycles. The Hall–Kier alpha value is -1.62. The maximum Gasteiger partial charge on any atom is 0.340 e. The number of methoxy groups -OCH3 is 1. The van der Waals surface area contributed by atoms with E-state index >= 15 is 0 Å². The van der Waals surface area contributed by atoms with Gasteiger partial charge in [-0.15, -0.1) is 0 Å². The highest BCUT2D eigenvalue weighted by Gasteiger charge is 2.27.